The standard InChI is InChI=1S/C8H18O3/c1-5-8(4,11)6(9)7(2,3)10/h6,9-11H,5H2,1-4H3. The van der Waals surface area contributed by atoms with Crippen molar-refractivity contribution in [3.63, 3.8) is 0 Å². The maximum absolute atomic E-state index is 9.52. The van der Waals surface area contributed by atoms with Gasteiger partial charge in [-0.25, -0.2) is 0 Å². The molecule has 0 aliphatic rings. The minimum Gasteiger partial charge on any atom is -0.388 e. The van der Waals surface area contributed by atoms with Gasteiger partial charge in [-0.1, -0.05) is 6.92 Å². The van der Waals surface area contributed by atoms with Gasteiger partial charge in [0.2, 0.25) is 0 Å². The van der Waals surface area contributed by atoms with E-state index in [9.17, 15) is 15.3 Å². The van der Waals surface area contributed by atoms with E-state index in [1.165, 1.54) is 20.8 Å². The molecule has 0 radical (unpaired) electrons. The lowest BCUT2D eigenvalue weighted by Crippen LogP contribution is -2.51. The summed E-state index contributed by atoms with van der Waals surface area (Å²) in [5, 5.41) is 28.3. The second kappa shape index (κ2) is 3.09. The van der Waals surface area contributed by atoms with Crippen molar-refractivity contribution in [2.45, 2.75) is 51.4 Å². The summed E-state index contributed by atoms with van der Waals surface area (Å²) in [6.07, 6.45) is -0.696. The predicted molar refractivity (Wildman–Crippen MR) is 43.2 cm³/mol. The van der Waals surface area contributed by atoms with Gasteiger partial charge in [-0.3, -0.25) is 0 Å². The van der Waals surface area contributed by atoms with Gasteiger partial charge in [0.1, 0.15) is 6.10 Å². The van der Waals surface area contributed by atoms with Crippen LogP contribution in [-0.2, 0) is 0 Å². The Morgan fingerprint density at radius 1 is 1.18 bits per heavy atom. The van der Waals surface area contributed by atoms with Crippen LogP contribution in [-0.4, -0.2) is 32.6 Å². The van der Waals surface area contributed by atoms with Crippen LogP contribution >= 0.6 is 0 Å². The molecule has 0 aromatic heterocycles. The van der Waals surface area contributed by atoms with Gasteiger partial charge in [0, 0.05) is 0 Å². The van der Waals surface area contributed by atoms with Crippen molar-refractivity contribution in [1.29, 1.82) is 0 Å². The topological polar surface area (TPSA) is 60.7 Å². The molecule has 0 saturated heterocycles. The van der Waals surface area contributed by atoms with Crippen molar-refractivity contribution < 1.29 is 15.3 Å². The first kappa shape index (κ1) is 10.9. The van der Waals surface area contributed by atoms with E-state index in [0.717, 1.165) is 0 Å². The van der Waals surface area contributed by atoms with Gasteiger partial charge < -0.3 is 15.3 Å². The molecular weight excluding hydrogens is 144 g/mol. The van der Waals surface area contributed by atoms with Gasteiger partial charge in [0.25, 0.3) is 0 Å². The van der Waals surface area contributed by atoms with E-state index in [-0.39, 0.29) is 0 Å². The molecule has 2 atom stereocenters. The number of aliphatic hydroxyl groups excluding tert-OH is 1. The van der Waals surface area contributed by atoms with Crippen molar-refractivity contribution in [2.75, 3.05) is 0 Å². The third-order valence-electron chi connectivity index (χ3n) is 1.97. The molecule has 0 amide bonds. The Morgan fingerprint density at radius 2 is 1.55 bits per heavy atom. The normalized spacial score (nSPS) is 21.0. The minimum atomic E-state index is -1.25. The molecule has 68 valence electrons. The summed E-state index contributed by atoms with van der Waals surface area (Å²) in [7, 11) is 0. The monoisotopic (exact) mass is 162 g/mol. The molecule has 11 heavy (non-hydrogen) atoms. The molecule has 0 spiro atoms. The molecule has 3 N–H and O–H groups in total. The zero-order valence-corrected chi connectivity index (χ0v) is 7.63. The molecule has 0 aliphatic carbocycles. The Hall–Kier alpha value is -0.120. The van der Waals surface area contributed by atoms with E-state index in [1.807, 2.05) is 0 Å². The first-order valence-electron chi connectivity index (χ1n) is 3.84. The quantitative estimate of drug-likeness (QED) is 0.558. The Morgan fingerprint density at radius 3 is 1.64 bits per heavy atom. The highest BCUT2D eigenvalue weighted by molar-refractivity contribution is 4.90. The first-order chi connectivity index (χ1) is 4.72. The van der Waals surface area contributed by atoms with Crippen LogP contribution in [0.5, 0.6) is 0 Å². The molecule has 0 fully saturated rings. The Labute approximate surface area is 67.7 Å². The predicted octanol–water partition coefficient (Wildman–Crippen LogP) is 0.279. The lowest BCUT2D eigenvalue weighted by atomic mass is 9.85. The van der Waals surface area contributed by atoms with Crippen molar-refractivity contribution >= 4 is 0 Å². The summed E-state index contributed by atoms with van der Waals surface area (Å²) in [5.41, 5.74) is -2.46. The van der Waals surface area contributed by atoms with Crippen LogP contribution in [0.2, 0.25) is 0 Å². The van der Waals surface area contributed by atoms with Crippen LogP contribution in [0.3, 0.4) is 0 Å². The Bertz CT molecular complexity index is 124. The Kier molecular flexibility index (Phi) is 3.06. The maximum atomic E-state index is 9.52. The van der Waals surface area contributed by atoms with Gasteiger partial charge in [-0.05, 0) is 27.2 Å². The number of rotatable bonds is 3. The van der Waals surface area contributed by atoms with E-state index in [4.69, 9.17) is 0 Å². The maximum Gasteiger partial charge on any atom is 0.110 e. The molecule has 0 rings (SSSR count). The highest BCUT2D eigenvalue weighted by atomic mass is 16.4. The highest BCUT2D eigenvalue weighted by Crippen LogP contribution is 2.23. The molecular formula is C8H18O3. The number of aliphatic hydroxyl groups is 3. The summed E-state index contributed by atoms with van der Waals surface area (Å²) in [6, 6.07) is 0. The van der Waals surface area contributed by atoms with Gasteiger partial charge >= 0.3 is 0 Å². The lowest BCUT2D eigenvalue weighted by Gasteiger charge is -2.35. The van der Waals surface area contributed by atoms with Gasteiger partial charge in [-0.2, -0.15) is 0 Å². The SMILES string of the molecule is CCC(C)(O)C(O)C(C)(C)O. The third kappa shape index (κ3) is 2.77. The first-order valence-corrected chi connectivity index (χ1v) is 3.84. The van der Waals surface area contributed by atoms with Crippen LogP contribution in [0.4, 0.5) is 0 Å². The fourth-order valence-corrected chi connectivity index (χ4v) is 0.954. The van der Waals surface area contributed by atoms with E-state index in [0.29, 0.717) is 6.42 Å². The summed E-state index contributed by atoms with van der Waals surface area (Å²) in [6.45, 7) is 6.22. The van der Waals surface area contributed by atoms with Crippen molar-refractivity contribution in [1.82, 2.24) is 0 Å². The molecule has 2 unspecified atom stereocenters. The molecule has 0 saturated carbocycles. The second-order valence-corrected chi connectivity index (χ2v) is 3.77. The largest absolute Gasteiger partial charge is 0.388 e. The smallest absolute Gasteiger partial charge is 0.110 e. The van der Waals surface area contributed by atoms with Crippen molar-refractivity contribution in [3.8, 4) is 0 Å². The Balaban J connectivity index is 4.35. The van der Waals surface area contributed by atoms with E-state index in [2.05, 4.69) is 0 Å². The molecule has 0 aromatic carbocycles. The van der Waals surface area contributed by atoms with Gasteiger partial charge in [0.05, 0.1) is 11.2 Å². The van der Waals surface area contributed by atoms with E-state index >= 15 is 0 Å². The van der Waals surface area contributed by atoms with Crippen LogP contribution in [0, 0.1) is 0 Å². The summed E-state index contributed by atoms with van der Waals surface area (Å²) in [4.78, 5) is 0. The zero-order chi connectivity index (χ0) is 9.28. The molecule has 0 heterocycles. The van der Waals surface area contributed by atoms with Gasteiger partial charge in [0.15, 0.2) is 0 Å². The lowest BCUT2D eigenvalue weighted by molar-refractivity contribution is -0.152. The van der Waals surface area contributed by atoms with Crippen LogP contribution in [0.15, 0.2) is 0 Å². The van der Waals surface area contributed by atoms with Crippen LogP contribution in [0.1, 0.15) is 34.1 Å². The average molecular weight is 162 g/mol. The summed E-state index contributed by atoms with van der Waals surface area (Å²) in [5.74, 6) is 0. The molecule has 3 heteroatoms. The fourth-order valence-electron chi connectivity index (χ4n) is 0.954. The minimum absolute atomic E-state index is 0.415. The third-order valence-corrected chi connectivity index (χ3v) is 1.97. The molecule has 0 aromatic rings. The van der Waals surface area contributed by atoms with Gasteiger partial charge in [-0.15, -0.1) is 0 Å². The number of hydrogen-bond acceptors (Lipinski definition) is 3. The van der Waals surface area contributed by atoms with Crippen molar-refractivity contribution in [2.24, 2.45) is 0 Å². The molecule has 3 nitrogen and oxygen atoms in total. The van der Waals surface area contributed by atoms with Crippen molar-refractivity contribution in [3.05, 3.63) is 0 Å². The summed E-state index contributed by atoms with van der Waals surface area (Å²) < 4.78 is 0. The average Bonchev–Trinajstić information content (AvgIpc) is 1.84. The fraction of sp³-hybridized carbons (Fsp3) is 1.00. The summed E-state index contributed by atoms with van der Waals surface area (Å²) >= 11 is 0. The second-order valence-electron chi connectivity index (χ2n) is 3.77. The van der Waals surface area contributed by atoms with Crippen LogP contribution in [0.25, 0.3) is 0 Å². The van der Waals surface area contributed by atoms with E-state index < -0.39 is 17.3 Å². The molecule has 0 bridgehead atoms. The van der Waals surface area contributed by atoms with Crippen LogP contribution < -0.4 is 0 Å². The highest BCUT2D eigenvalue weighted by Gasteiger charge is 2.38. The molecule has 0 aliphatic heterocycles. The van der Waals surface area contributed by atoms with E-state index in [1.54, 1.807) is 6.92 Å². The number of hydrogen-bond donors (Lipinski definition) is 3. The zero-order valence-electron chi connectivity index (χ0n) is 7.63.